The largest absolute Gasteiger partial charge is 0.490 e. The molecule has 0 spiro atoms. The first-order chi connectivity index (χ1) is 14.9. The molecule has 1 amide bonds. The number of hydrogen-bond acceptors (Lipinski definition) is 8. The number of carbonyl (C=O) groups excluding carboxylic acids is 2. The number of rotatable bonds is 7. The third kappa shape index (κ3) is 5.59. The van der Waals surface area contributed by atoms with E-state index in [2.05, 4.69) is 26.4 Å². The molecule has 0 atom stereocenters. The summed E-state index contributed by atoms with van der Waals surface area (Å²) in [7, 11) is 0. The fourth-order valence-corrected chi connectivity index (χ4v) is 3.63. The van der Waals surface area contributed by atoms with Gasteiger partial charge in [-0.3, -0.25) is 4.79 Å². The van der Waals surface area contributed by atoms with Gasteiger partial charge in [0.1, 0.15) is 22.3 Å². The monoisotopic (exact) mass is 501 g/mol. The summed E-state index contributed by atoms with van der Waals surface area (Å²) in [4.78, 5) is 25.2. The number of ether oxygens (including phenoxy) is 2. The summed E-state index contributed by atoms with van der Waals surface area (Å²) in [6.45, 7) is 3.79. The molecule has 2 heterocycles. The van der Waals surface area contributed by atoms with E-state index in [0.717, 1.165) is 0 Å². The van der Waals surface area contributed by atoms with Crippen LogP contribution in [0.4, 0.5) is 5.82 Å². The van der Waals surface area contributed by atoms with E-state index in [-0.39, 0.29) is 22.9 Å². The minimum atomic E-state index is -0.641. The van der Waals surface area contributed by atoms with Crippen LogP contribution in [0.2, 0.25) is 0 Å². The number of aryl methyl sites for hydroxylation is 1. The topological polar surface area (TPSA) is 114 Å². The van der Waals surface area contributed by atoms with Crippen molar-refractivity contribution in [1.29, 1.82) is 5.26 Å². The SMILES string of the molecule is CCOc1cc(C=C(C#N)C(=O)Nc2cc(C)on2)cc(Br)c1OC(=O)c1cccs1. The third-order valence-corrected chi connectivity index (χ3v) is 5.23. The number of anilines is 1. The maximum atomic E-state index is 12.4. The van der Waals surface area contributed by atoms with Gasteiger partial charge in [-0.1, -0.05) is 11.2 Å². The predicted octanol–water partition coefficient (Wildman–Crippen LogP) is 4.97. The van der Waals surface area contributed by atoms with Crippen molar-refractivity contribution in [2.24, 2.45) is 0 Å². The summed E-state index contributed by atoms with van der Waals surface area (Å²) in [5.41, 5.74) is 0.340. The molecular formula is C21H16BrN3O5S. The minimum absolute atomic E-state index is 0.154. The van der Waals surface area contributed by atoms with E-state index in [1.807, 2.05) is 6.07 Å². The zero-order valence-corrected chi connectivity index (χ0v) is 18.9. The van der Waals surface area contributed by atoms with Gasteiger partial charge in [0.15, 0.2) is 17.3 Å². The summed E-state index contributed by atoms with van der Waals surface area (Å²) < 4.78 is 16.4. The molecule has 10 heteroatoms. The van der Waals surface area contributed by atoms with E-state index in [9.17, 15) is 14.9 Å². The number of amides is 1. The van der Waals surface area contributed by atoms with Crippen molar-refractivity contribution in [1.82, 2.24) is 5.16 Å². The summed E-state index contributed by atoms with van der Waals surface area (Å²) in [5.74, 6) is 0.0701. The predicted molar refractivity (Wildman–Crippen MR) is 118 cm³/mol. The number of esters is 1. The van der Waals surface area contributed by atoms with Gasteiger partial charge in [0.05, 0.1) is 11.1 Å². The average molecular weight is 502 g/mol. The van der Waals surface area contributed by atoms with Crippen LogP contribution in [-0.2, 0) is 4.79 Å². The van der Waals surface area contributed by atoms with E-state index in [4.69, 9.17) is 14.0 Å². The quantitative estimate of drug-likeness (QED) is 0.210. The van der Waals surface area contributed by atoms with Gasteiger partial charge < -0.3 is 19.3 Å². The zero-order valence-electron chi connectivity index (χ0n) is 16.5. The van der Waals surface area contributed by atoms with Crippen molar-refractivity contribution in [3.8, 4) is 17.6 Å². The lowest BCUT2D eigenvalue weighted by Crippen LogP contribution is -2.13. The van der Waals surface area contributed by atoms with Crippen molar-refractivity contribution in [3.63, 3.8) is 0 Å². The molecule has 0 aliphatic carbocycles. The second-order valence-electron chi connectivity index (χ2n) is 6.08. The number of hydrogen-bond donors (Lipinski definition) is 1. The number of nitriles is 1. The van der Waals surface area contributed by atoms with Crippen LogP contribution in [0.25, 0.3) is 6.08 Å². The number of thiophene rings is 1. The number of nitrogens with one attached hydrogen (secondary N) is 1. The first-order valence-corrected chi connectivity index (χ1v) is 10.7. The minimum Gasteiger partial charge on any atom is -0.490 e. The smallest absolute Gasteiger partial charge is 0.353 e. The number of benzene rings is 1. The Balaban J connectivity index is 1.89. The molecule has 0 saturated carbocycles. The highest BCUT2D eigenvalue weighted by molar-refractivity contribution is 9.10. The number of carbonyl (C=O) groups is 2. The molecule has 0 unspecified atom stereocenters. The number of halogens is 1. The van der Waals surface area contributed by atoms with Gasteiger partial charge in [0.25, 0.3) is 5.91 Å². The molecule has 31 heavy (non-hydrogen) atoms. The lowest BCUT2D eigenvalue weighted by Gasteiger charge is -2.13. The Morgan fingerprint density at radius 2 is 2.19 bits per heavy atom. The Hall–Kier alpha value is -3.42. The third-order valence-electron chi connectivity index (χ3n) is 3.79. The van der Waals surface area contributed by atoms with Crippen LogP contribution in [0.15, 0.2) is 50.3 Å². The van der Waals surface area contributed by atoms with Gasteiger partial charge in [-0.2, -0.15) is 5.26 Å². The molecular weight excluding hydrogens is 486 g/mol. The van der Waals surface area contributed by atoms with Gasteiger partial charge in [-0.25, -0.2) is 4.79 Å². The highest BCUT2D eigenvalue weighted by Gasteiger charge is 2.19. The maximum absolute atomic E-state index is 12.4. The van der Waals surface area contributed by atoms with Crippen LogP contribution in [0, 0.1) is 18.3 Å². The van der Waals surface area contributed by atoms with E-state index in [0.29, 0.717) is 27.3 Å². The van der Waals surface area contributed by atoms with Crippen molar-refractivity contribution in [3.05, 3.63) is 62.0 Å². The molecule has 0 bridgehead atoms. The van der Waals surface area contributed by atoms with E-state index in [1.54, 1.807) is 43.5 Å². The summed E-state index contributed by atoms with van der Waals surface area (Å²) in [6, 6.07) is 10.0. The van der Waals surface area contributed by atoms with Crippen LogP contribution >= 0.6 is 27.3 Å². The van der Waals surface area contributed by atoms with Gasteiger partial charge in [-0.05, 0) is 65.0 Å². The second kappa shape index (κ2) is 10.1. The Morgan fingerprint density at radius 3 is 2.81 bits per heavy atom. The Kier molecular flexibility index (Phi) is 7.23. The van der Waals surface area contributed by atoms with Crippen LogP contribution in [0.1, 0.15) is 27.9 Å². The first-order valence-electron chi connectivity index (χ1n) is 8.99. The average Bonchev–Trinajstić information content (AvgIpc) is 3.40. The van der Waals surface area contributed by atoms with Gasteiger partial charge in [0, 0.05) is 6.07 Å². The van der Waals surface area contributed by atoms with Gasteiger partial charge in [-0.15, -0.1) is 11.3 Å². The van der Waals surface area contributed by atoms with Gasteiger partial charge in [0.2, 0.25) is 0 Å². The van der Waals surface area contributed by atoms with Crippen molar-refractivity contribution in [2.45, 2.75) is 13.8 Å². The summed E-state index contributed by atoms with van der Waals surface area (Å²) >= 11 is 4.64. The normalized spacial score (nSPS) is 11.0. The molecule has 0 saturated heterocycles. The Labute approximate surface area is 190 Å². The Morgan fingerprint density at radius 1 is 1.39 bits per heavy atom. The van der Waals surface area contributed by atoms with Crippen molar-refractivity contribution in [2.75, 3.05) is 11.9 Å². The molecule has 2 aromatic heterocycles. The van der Waals surface area contributed by atoms with E-state index < -0.39 is 11.9 Å². The highest BCUT2D eigenvalue weighted by atomic mass is 79.9. The lowest BCUT2D eigenvalue weighted by atomic mass is 10.1. The fourth-order valence-electron chi connectivity index (χ4n) is 2.50. The molecule has 3 aromatic rings. The Bertz CT molecular complexity index is 1180. The number of nitrogens with zero attached hydrogens (tertiary/aromatic N) is 2. The highest BCUT2D eigenvalue weighted by Crippen LogP contribution is 2.38. The summed E-state index contributed by atoms with van der Waals surface area (Å²) in [6.07, 6.45) is 1.39. The summed E-state index contributed by atoms with van der Waals surface area (Å²) in [5, 5.41) is 17.4. The maximum Gasteiger partial charge on any atom is 0.353 e. The van der Waals surface area contributed by atoms with E-state index >= 15 is 0 Å². The van der Waals surface area contributed by atoms with Crippen molar-refractivity contribution < 1.29 is 23.6 Å². The molecule has 0 aliphatic heterocycles. The molecule has 3 rings (SSSR count). The molecule has 1 N–H and O–H groups in total. The standard InChI is InChI=1S/C21H16BrN3O5S/c1-3-28-16-10-13(8-14(11-23)20(26)24-18-7-12(2)30-25-18)9-15(22)19(16)29-21(27)17-5-4-6-31-17/h4-10H,3H2,1-2H3,(H,24,25,26). The molecule has 1 aromatic carbocycles. The molecule has 0 radical (unpaired) electrons. The van der Waals surface area contributed by atoms with Crippen molar-refractivity contribution >= 4 is 51.0 Å². The van der Waals surface area contributed by atoms with Gasteiger partial charge >= 0.3 is 5.97 Å². The molecule has 158 valence electrons. The fraction of sp³-hybridized carbons (Fsp3) is 0.143. The van der Waals surface area contributed by atoms with Crippen LogP contribution in [0.5, 0.6) is 11.5 Å². The lowest BCUT2D eigenvalue weighted by molar-refractivity contribution is -0.112. The van der Waals surface area contributed by atoms with Crippen LogP contribution in [-0.4, -0.2) is 23.6 Å². The van der Waals surface area contributed by atoms with Crippen LogP contribution in [0.3, 0.4) is 0 Å². The molecule has 8 nitrogen and oxygen atoms in total. The van der Waals surface area contributed by atoms with Crippen LogP contribution < -0.4 is 14.8 Å². The van der Waals surface area contributed by atoms with E-state index in [1.165, 1.54) is 23.5 Å². The first kappa shape index (κ1) is 22.3. The number of aromatic nitrogens is 1. The zero-order chi connectivity index (χ0) is 22.4. The second-order valence-corrected chi connectivity index (χ2v) is 7.88. The molecule has 0 aliphatic rings. The molecule has 0 fully saturated rings.